The van der Waals surface area contributed by atoms with E-state index in [2.05, 4.69) is 5.32 Å². The third-order valence-electron chi connectivity index (χ3n) is 4.32. The van der Waals surface area contributed by atoms with Gasteiger partial charge in [-0.05, 0) is 37.8 Å². The molecule has 1 aliphatic carbocycles. The lowest BCUT2D eigenvalue weighted by atomic mass is 9.93. The molecule has 1 heterocycles. The molecule has 1 amide bonds. The maximum atomic E-state index is 13.2. The van der Waals surface area contributed by atoms with E-state index in [1.54, 1.807) is 10.6 Å². The summed E-state index contributed by atoms with van der Waals surface area (Å²) in [7, 11) is 1.83. The van der Waals surface area contributed by atoms with Crippen LogP contribution in [0.5, 0.6) is 5.75 Å². The number of aromatic nitrogens is 1. The van der Waals surface area contributed by atoms with Crippen molar-refractivity contribution < 1.29 is 18.3 Å². The third kappa shape index (κ3) is 3.93. The quantitative estimate of drug-likeness (QED) is 0.931. The van der Waals surface area contributed by atoms with E-state index in [-0.39, 0.29) is 23.8 Å². The van der Waals surface area contributed by atoms with Gasteiger partial charge in [-0.25, -0.2) is 8.78 Å². The number of halogens is 2. The molecule has 1 aromatic heterocycles. The molecular weight excluding hydrogens is 314 g/mol. The van der Waals surface area contributed by atoms with Gasteiger partial charge in [-0.1, -0.05) is 0 Å². The van der Waals surface area contributed by atoms with Gasteiger partial charge in [0.15, 0.2) is 0 Å². The van der Waals surface area contributed by atoms with Crippen molar-refractivity contribution in [1.82, 2.24) is 9.88 Å². The first-order valence-corrected chi connectivity index (χ1v) is 8.06. The maximum absolute atomic E-state index is 13.2. The minimum absolute atomic E-state index is 0.0842. The molecule has 0 aliphatic heterocycles. The predicted molar refractivity (Wildman–Crippen MR) is 85.9 cm³/mol. The van der Waals surface area contributed by atoms with E-state index in [9.17, 15) is 13.6 Å². The molecular formula is C18H20F2N2O2. The summed E-state index contributed by atoms with van der Waals surface area (Å²) in [4.78, 5) is 12.2. The van der Waals surface area contributed by atoms with Gasteiger partial charge < -0.3 is 14.6 Å². The molecule has 0 unspecified atom stereocenters. The molecule has 6 heteroatoms. The second-order valence-corrected chi connectivity index (χ2v) is 6.17. The van der Waals surface area contributed by atoms with E-state index in [4.69, 9.17) is 4.74 Å². The van der Waals surface area contributed by atoms with Crippen LogP contribution in [0.2, 0.25) is 0 Å². The number of hydrogen-bond acceptors (Lipinski definition) is 2. The van der Waals surface area contributed by atoms with Crippen molar-refractivity contribution in [3.05, 3.63) is 53.9 Å². The Morgan fingerprint density at radius 3 is 2.42 bits per heavy atom. The van der Waals surface area contributed by atoms with Crippen molar-refractivity contribution in [2.24, 2.45) is 7.05 Å². The van der Waals surface area contributed by atoms with Gasteiger partial charge in [0.1, 0.15) is 23.1 Å². The lowest BCUT2D eigenvalue weighted by molar-refractivity contribution is 0.0885. The van der Waals surface area contributed by atoms with Crippen LogP contribution in [-0.2, 0) is 7.05 Å². The highest BCUT2D eigenvalue weighted by atomic mass is 19.1. The number of benzene rings is 1. The maximum Gasteiger partial charge on any atom is 0.268 e. The largest absolute Gasteiger partial charge is 0.490 e. The molecule has 1 N–H and O–H groups in total. The van der Waals surface area contributed by atoms with E-state index in [0.29, 0.717) is 5.69 Å². The Kier molecular flexibility index (Phi) is 4.83. The molecule has 4 nitrogen and oxygen atoms in total. The number of carbonyl (C=O) groups is 1. The molecule has 1 fully saturated rings. The van der Waals surface area contributed by atoms with Crippen LogP contribution in [0, 0.1) is 11.6 Å². The molecule has 0 spiro atoms. The molecule has 0 radical (unpaired) electrons. The van der Waals surface area contributed by atoms with Gasteiger partial charge in [-0.15, -0.1) is 0 Å². The number of ether oxygens (including phenoxy) is 1. The van der Waals surface area contributed by atoms with Crippen LogP contribution in [-0.4, -0.2) is 22.6 Å². The first-order valence-electron chi connectivity index (χ1n) is 8.06. The van der Waals surface area contributed by atoms with Crippen molar-refractivity contribution in [3.8, 4) is 5.75 Å². The summed E-state index contributed by atoms with van der Waals surface area (Å²) in [6, 6.07) is 6.90. The lowest BCUT2D eigenvalue weighted by Gasteiger charge is -2.29. The van der Waals surface area contributed by atoms with Crippen LogP contribution >= 0.6 is 0 Å². The highest BCUT2D eigenvalue weighted by Crippen LogP contribution is 2.25. The Balaban J connectivity index is 1.50. The summed E-state index contributed by atoms with van der Waals surface area (Å²) in [6.45, 7) is 0. The van der Waals surface area contributed by atoms with Crippen LogP contribution in [0.15, 0.2) is 36.5 Å². The Morgan fingerprint density at radius 1 is 1.17 bits per heavy atom. The average Bonchev–Trinajstić information content (AvgIpc) is 2.94. The first kappa shape index (κ1) is 16.5. The monoisotopic (exact) mass is 334 g/mol. The van der Waals surface area contributed by atoms with Crippen LogP contribution in [0.25, 0.3) is 0 Å². The molecule has 0 saturated heterocycles. The van der Waals surface area contributed by atoms with Gasteiger partial charge in [-0.2, -0.15) is 0 Å². The summed E-state index contributed by atoms with van der Waals surface area (Å²) in [5, 5.41) is 3.03. The lowest BCUT2D eigenvalue weighted by Crippen LogP contribution is -2.40. The Morgan fingerprint density at radius 2 is 1.83 bits per heavy atom. The predicted octanol–water partition coefficient (Wildman–Crippen LogP) is 3.42. The normalized spacial score (nSPS) is 20.6. The summed E-state index contributed by atoms with van der Waals surface area (Å²) in [5.41, 5.74) is 0.628. The summed E-state index contributed by atoms with van der Waals surface area (Å²) < 4.78 is 33.8. The summed E-state index contributed by atoms with van der Waals surface area (Å²) in [5.74, 6) is -1.16. The van der Waals surface area contributed by atoms with Crippen molar-refractivity contribution in [2.45, 2.75) is 37.8 Å². The van der Waals surface area contributed by atoms with E-state index in [1.165, 1.54) is 12.1 Å². The number of rotatable bonds is 4. The molecule has 24 heavy (non-hydrogen) atoms. The molecule has 2 aromatic rings. The molecule has 0 atom stereocenters. The zero-order chi connectivity index (χ0) is 17.1. The van der Waals surface area contributed by atoms with Gasteiger partial charge in [0.2, 0.25) is 0 Å². The fourth-order valence-electron chi connectivity index (χ4n) is 3.07. The topological polar surface area (TPSA) is 43.3 Å². The zero-order valence-electron chi connectivity index (χ0n) is 13.5. The second kappa shape index (κ2) is 7.03. The SMILES string of the molecule is Cn1cccc1C(=O)NC1CCC(Oc2cc(F)cc(F)c2)CC1. The van der Waals surface area contributed by atoms with Gasteiger partial charge in [0, 0.05) is 37.5 Å². The Hall–Kier alpha value is -2.37. The number of amides is 1. The van der Waals surface area contributed by atoms with Gasteiger partial charge in [-0.3, -0.25) is 4.79 Å². The van der Waals surface area contributed by atoms with Crippen molar-refractivity contribution >= 4 is 5.91 Å². The Labute approximate surface area is 139 Å². The van der Waals surface area contributed by atoms with E-state index in [0.717, 1.165) is 31.7 Å². The fraction of sp³-hybridized carbons (Fsp3) is 0.389. The molecule has 1 aromatic carbocycles. The van der Waals surface area contributed by atoms with Crippen molar-refractivity contribution in [2.75, 3.05) is 0 Å². The number of carbonyl (C=O) groups excluding carboxylic acids is 1. The van der Waals surface area contributed by atoms with E-state index < -0.39 is 11.6 Å². The van der Waals surface area contributed by atoms with Crippen LogP contribution in [0.1, 0.15) is 36.2 Å². The zero-order valence-corrected chi connectivity index (χ0v) is 13.5. The first-order chi connectivity index (χ1) is 11.5. The van der Waals surface area contributed by atoms with E-state index in [1.807, 2.05) is 19.3 Å². The standard InChI is InChI=1S/C18H20F2N2O2/c1-22-8-2-3-17(22)18(23)21-14-4-6-15(7-5-14)24-16-10-12(19)9-13(20)11-16/h2-3,8-11,14-15H,4-7H2,1H3,(H,21,23). The minimum atomic E-state index is -0.645. The third-order valence-corrected chi connectivity index (χ3v) is 4.32. The van der Waals surface area contributed by atoms with Crippen LogP contribution in [0.4, 0.5) is 8.78 Å². The summed E-state index contributed by atoms with van der Waals surface area (Å²) >= 11 is 0. The van der Waals surface area contributed by atoms with Crippen molar-refractivity contribution in [1.29, 1.82) is 0 Å². The minimum Gasteiger partial charge on any atom is -0.490 e. The van der Waals surface area contributed by atoms with Gasteiger partial charge in [0.25, 0.3) is 5.91 Å². The van der Waals surface area contributed by atoms with Gasteiger partial charge >= 0.3 is 0 Å². The van der Waals surface area contributed by atoms with Crippen LogP contribution in [0.3, 0.4) is 0 Å². The van der Waals surface area contributed by atoms with Gasteiger partial charge in [0.05, 0.1) is 6.10 Å². The number of nitrogens with zero attached hydrogens (tertiary/aromatic N) is 1. The van der Waals surface area contributed by atoms with Crippen LogP contribution < -0.4 is 10.1 Å². The summed E-state index contributed by atoms with van der Waals surface area (Å²) in [6.07, 6.45) is 4.76. The molecule has 1 saturated carbocycles. The molecule has 0 bridgehead atoms. The molecule has 3 rings (SSSR count). The molecule has 1 aliphatic rings. The van der Waals surface area contributed by atoms with E-state index >= 15 is 0 Å². The Bertz CT molecular complexity index is 701. The number of hydrogen-bond donors (Lipinski definition) is 1. The fourth-order valence-corrected chi connectivity index (χ4v) is 3.07. The number of aryl methyl sites for hydroxylation is 1. The average molecular weight is 334 g/mol. The second-order valence-electron chi connectivity index (χ2n) is 6.17. The highest BCUT2D eigenvalue weighted by molar-refractivity contribution is 5.92. The number of nitrogens with one attached hydrogen (secondary N) is 1. The smallest absolute Gasteiger partial charge is 0.268 e. The molecule has 128 valence electrons. The highest BCUT2D eigenvalue weighted by Gasteiger charge is 2.24. The van der Waals surface area contributed by atoms with Crippen molar-refractivity contribution in [3.63, 3.8) is 0 Å².